The Balaban J connectivity index is 4.55. The van der Waals surface area contributed by atoms with Crippen molar-refractivity contribution in [2.75, 3.05) is 0 Å². The van der Waals surface area contributed by atoms with Crippen LogP contribution in [0.3, 0.4) is 0 Å². The Bertz CT molecular complexity index is 238. The molecule has 0 fully saturated rings. The molecule has 0 saturated carbocycles. The number of carboxylic acid groups (broad SMARTS) is 1. The summed E-state index contributed by atoms with van der Waals surface area (Å²) < 4.78 is 0. The van der Waals surface area contributed by atoms with E-state index in [0.29, 0.717) is 5.57 Å². The standard InChI is InChI=1S/C13H26O2Si/c1-6-9(3)12(10(4)7-2)16-8-11(5)13(14)15/h8-10,12H,6-7,16H2,1-5H3,(H,14,15). The second kappa shape index (κ2) is 7.66. The van der Waals surface area contributed by atoms with Crippen LogP contribution < -0.4 is 0 Å². The molecule has 16 heavy (non-hydrogen) atoms. The third-order valence-electron chi connectivity index (χ3n) is 3.78. The Morgan fingerprint density at radius 1 is 1.25 bits per heavy atom. The highest BCUT2D eigenvalue weighted by Crippen LogP contribution is 2.31. The molecule has 0 rings (SSSR count). The van der Waals surface area contributed by atoms with Crippen molar-refractivity contribution in [3.8, 4) is 0 Å². The highest BCUT2D eigenvalue weighted by atomic mass is 28.2. The maximum atomic E-state index is 10.7. The van der Waals surface area contributed by atoms with Crippen LogP contribution >= 0.6 is 0 Å². The molecule has 0 amide bonds. The maximum Gasteiger partial charge on any atom is 0.330 e. The van der Waals surface area contributed by atoms with Crippen LogP contribution in [0.5, 0.6) is 0 Å². The van der Waals surface area contributed by atoms with Gasteiger partial charge in [0.25, 0.3) is 0 Å². The quantitative estimate of drug-likeness (QED) is 0.550. The smallest absolute Gasteiger partial charge is 0.330 e. The van der Waals surface area contributed by atoms with Gasteiger partial charge in [0.2, 0.25) is 0 Å². The van der Waals surface area contributed by atoms with E-state index in [0.717, 1.165) is 17.4 Å². The molecule has 0 aromatic carbocycles. The lowest BCUT2D eigenvalue weighted by atomic mass is 9.93. The van der Waals surface area contributed by atoms with Gasteiger partial charge in [0.15, 0.2) is 0 Å². The minimum atomic E-state index is -0.764. The minimum absolute atomic E-state index is 0.425. The topological polar surface area (TPSA) is 37.3 Å². The van der Waals surface area contributed by atoms with Crippen molar-refractivity contribution < 1.29 is 9.90 Å². The number of hydrogen-bond acceptors (Lipinski definition) is 1. The lowest BCUT2D eigenvalue weighted by Crippen LogP contribution is -2.19. The molecule has 0 radical (unpaired) electrons. The summed E-state index contributed by atoms with van der Waals surface area (Å²) in [5, 5.41) is 8.84. The zero-order valence-electron chi connectivity index (χ0n) is 11.3. The third kappa shape index (κ3) is 4.97. The normalized spacial score (nSPS) is 18.7. The molecule has 0 aromatic heterocycles. The van der Waals surface area contributed by atoms with Crippen LogP contribution in [0, 0.1) is 11.8 Å². The van der Waals surface area contributed by atoms with Gasteiger partial charge in [-0.2, -0.15) is 0 Å². The predicted molar refractivity (Wildman–Crippen MR) is 72.6 cm³/mol. The molecule has 0 aliphatic rings. The van der Waals surface area contributed by atoms with Crippen LogP contribution in [0.15, 0.2) is 11.3 Å². The summed E-state index contributed by atoms with van der Waals surface area (Å²) in [4.78, 5) is 10.7. The Morgan fingerprint density at radius 3 is 2.00 bits per heavy atom. The third-order valence-corrected chi connectivity index (χ3v) is 6.79. The van der Waals surface area contributed by atoms with E-state index in [4.69, 9.17) is 5.11 Å². The van der Waals surface area contributed by atoms with Gasteiger partial charge in [-0.05, 0) is 24.3 Å². The second-order valence-corrected chi connectivity index (χ2v) is 6.69. The summed E-state index contributed by atoms with van der Waals surface area (Å²) in [5.41, 5.74) is 3.29. The Morgan fingerprint density at radius 2 is 1.69 bits per heavy atom. The van der Waals surface area contributed by atoms with Gasteiger partial charge in [-0.1, -0.05) is 46.2 Å². The van der Waals surface area contributed by atoms with E-state index in [2.05, 4.69) is 27.7 Å². The molecule has 0 heterocycles. The van der Waals surface area contributed by atoms with Gasteiger partial charge in [-0.15, -0.1) is 0 Å². The van der Waals surface area contributed by atoms with Crippen molar-refractivity contribution in [2.45, 2.75) is 53.0 Å². The molecule has 94 valence electrons. The lowest BCUT2D eigenvalue weighted by molar-refractivity contribution is -0.132. The van der Waals surface area contributed by atoms with Gasteiger partial charge < -0.3 is 5.11 Å². The first-order valence-corrected chi connectivity index (χ1v) is 7.97. The maximum absolute atomic E-state index is 10.7. The summed E-state index contributed by atoms with van der Waals surface area (Å²) in [7, 11) is -0.425. The van der Waals surface area contributed by atoms with Gasteiger partial charge in [-0.3, -0.25) is 0 Å². The average Bonchev–Trinajstić information content (AvgIpc) is 2.27. The number of aliphatic carboxylic acids is 1. The van der Waals surface area contributed by atoms with E-state index in [1.54, 1.807) is 6.92 Å². The summed E-state index contributed by atoms with van der Waals surface area (Å²) >= 11 is 0. The molecule has 1 N–H and O–H groups in total. The van der Waals surface area contributed by atoms with E-state index in [-0.39, 0.29) is 0 Å². The molecule has 0 saturated heterocycles. The van der Waals surface area contributed by atoms with Crippen LogP contribution in [-0.2, 0) is 4.79 Å². The van der Waals surface area contributed by atoms with Crippen molar-refractivity contribution >= 4 is 15.5 Å². The van der Waals surface area contributed by atoms with Crippen molar-refractivity contribution in [1.29, 1.82) is 0 Å². The van der Waals surface area contributed by atoms with Gasteiger partial charge in [-0.25, -0.2) is 4.79 Å². The first-order chi connectivity index (χ1) is 7.43. The van der Waals surface area contributed by atoms with E-state index in [9.17, 15) is 4.79 Å². The van der Waals surface area contributed by atoms with E-state index < -0.39 is 15.5 Å². The number of carboxylic acids is 1. The van der Waals surface area contributed by atoms with Crippen LogP contribution in [0.2, 0.25) is 5.54 Å². The van der Waals surface area contributed by atoms with Crippen molar-refractivity contribution in [1.82, 2.24) is 0 Å². The van der Waals surface area contributed by atoms with Crippen molar-refractivity contribution in [3.05, 3.63) is 11.3 Å². The lowest BCUT2D eigenvalue weighted by Gasteiger charge is -2.27. The van der Waals surface area contributed by atoms with Crippen LogP contribution in [0.25, 0.3) is 0 Å². The molecule has 0 spiro atoms. The molecular formula is C13H26O2Si. The fraction of sp³-hybridized carbons (Fsp3) is 0.769. The van der Waals surface area contributed by atoms with Crippen molar-refractivity contribution in [2.24, 2.45) is 11.8 Å². The SMILES string of the molecule is CCC(C)C([SiH2]C=C(C)C(=O)O)C(C)CC. The largest absolute Gasteiger partial charge is 0.478 e. The zero-order chi connectivity index (χ0) is 12.7. The Hall–Kier alpha value is -0.573. The number of rotatable bonds is 7. The number of hydrogen-bond donors (Lipinski definition) is 1. The fourth-order valence-electron chi connectivity index (χ4n) is 2.03. The zero-order valence-corrected chi connectivity index (χ0v) is 12.7. The van der Waals surface area contributed by atoms with Gasteiger partial charge in [0.1, 0.15) is 0 Å². The van der Waals surface area contributed by atoms with Crippen LogP contribution in [0.4, 0.5) is 0 Å². The van der Waals surface area contributed by atoms with E-state index >= 15 is 0 Å². The Kier molecular flexibility index (Phi) is 7.39. The molecule has 2 nitrogen and oxygen atoms in total. The minimum Gasteiger partial charge on any atom is -0.478 e. The fourth-order valence-corrected chi connectivity index (χ4v) is 4.43. The monoisotopic (exact) mass is 242 g/mol. The molecule has 0 aliphatic heterocycles. The highest BCUT2D eigenvalue weighted by molar-refractivity contribution is 6.45. The van der Waals surface area contributed by atoms with Crippen LogP contribution in [-0.4, -0.2) is 20.6 Å². The molecule has 2 unspecified atom stereocenters. The summed E-state index contributed by atoms with van der Waals surface area (Å²) in [6.07, 6.45) is 2.39. The first-order valence-electron chi connectivity index (χ1n) is 6.33. The summed E-state index contributed by atoms with van der Waals surface area (Å²) in [5.74, 6) is 0.679. The van der Waals surface area contributed by atoms with Gasteiger partial charge >= 0.3 is 5.97 Å². The Labute approximate surface area is 102 Å². The van der Waals surface area contributed by atoms with E-state index in [1.807, 2.05) is 5.70 Å². The summed E-state index contributed by atoms with van der Waals surface area (Å²) in [6.45, 7) is 10.8. The molecular weight excluding hydrogens is 216 g/mol. The molecule has 0 aromatic rings. The second-order valence-electron chi connectivity index (χ2n) is 4.86. The van der Waals surface area contributed by atoms with Gasteiger partial charge in [0, 0.05) is 15.1 Å². The molecule has 2 atom stereocenters. The highest BCUT2D eigenvalue weighted by Gasteiger charge is 2.20. The predicted octanol–water partition coefficient (Wildman–Crippen LogP) is 3.02. The summed E-state index contributed by atoms with van der Waals surface area (Å²) in [6, 6.07) is 0. The molecule has 0 aliphatic carbocycles. The number of carbonyl (C=O) groups is 1. The van der Waals surface area contributed by atoms with Crippen LogP contribution in [0.1, 0.15) is 47.5 Å². The average molecular weight is 242 g/mol. The molecule has 3 heteroatoms. The first kappa shape index (κ1) is 15.4. The van der Waals surface area contributed by atoms with E-state index in [1.165, 1.54) is 12.8 Å². The van der Waals surface area contributed by atoms with Crippen molar-refractivity contribution in [3.63, 3.8) is 0 Å². The molecule has 0 bridgehead atoms. The van der Waals surface area contributed by atoms with Gasteiger partial charge in [0.05, 0.1) is 0 Å².